The first-order valence-electron chi connectivity index (χ1n) is 4.12. The zero-order chi connectivity index (χ0) is 10.1. The average molecular weight is 209 g/mol. The van der Waals surface area contributed by atoms with Crippen LogP contribution in [0.4, 0.5) is 0 Å². The van der Waals surface area contributed by atoms with E-state index in [4.69, 9.17) is 0 Å². The summed E-state index contributed by atoms with van der Waals surface area (Å²) in [5.41, 5.74) is 1.59. The van der Waals surface area contributed by atoms with Gasteiger partial charge in [-0.15, -0.1) is 0 Å². The van der Waals surface area contributed by atoms with Crippen molar-refractivity contribution < 1.29 is 8.76 Å². The van der Waals surface area contributed by atoms with E-state index in [1.165, 1.54) is 0 Å². The Morgan fingerprint density at radius 3 is 3.14 bits per heavy atom. The predicted molar refractivity (Wildman–Crippen MR) is 53.3 cm³/mol. The van der Waals surface area contributed by atoms with Gasteiger partial charge in [-0.05, 0) is 17.7 Å². The number of pyridine rings is 1. The topological polar surface area (TPSA) is 58.0 Å². The minimum Gasteiger partial charge on any atom is -0.772 e. The smallest absolute Gasteiger partial charge is 0.139 e. The molecule has 1 atom stereocenters. The Morgan fingerprint density at radius 1 is 1.64 bits per heavy atom. The van der Waals surface area contributed by atoms with Crippen LogP contribution in [0.2, 0.25) is 0 Å². The van der Waals surface area contributed by atoms with E-state index in [1.54, 1.807) is 6.20 Å². The minimum absolute atomic E-state index is 0.0256. The van der Waals surface area contributed by atoms with Crippen LogP contribution in [-0.2, 0) is 23.9 Å². The molecule has 4 nitrogen and oxygen atoms in total. The standard InChI is InChI=1S/C9H10N2O2S/c1-11-3-2-8-4-7(6-14(12)13)5-10-9(8)11/h2-5H,6H2,1H3,(H,12,13)/p-1. The zero-order valence-electron chi connectivity index (χ0n) is 7.64. The molecule has 0 saturated carbocycles. The fraction of sp³-hybridized carbons (Fsp3) is 0.222. The highest BCUT2D eigenvalue weighted by Crippen LogP contribution is 2.14. The summed E-state index contributed by atoms with van der Waals surface area (Å²) in [5.74, 6) is 0.0256. The van der Waals surface area contributed by atoms with Gasteiger partial charge in [-0.3, -0.25) is 4.21 Å². The highest BCUT2D eigenvalue weighted by atomic mass is 32.2. The second kappa shape index (κ2) is 3.51. The van der Waals surface area contributed by atoms with Crippen molar-refractivity contribution in [2.75, 3.05) is 0 Å². The number of aryl methyl sites for hydroxylation is 1. The third-order valence-corrected chi connectivity index (χ3v) is 2.62. The van der Waals surface area contributed by atoms with Gasteiger partial charge in [-0.2, -0.15) is 0 Å². The highest BCUT2D eigenvalue weighted by Gasteiger charge is 2.00. The third-order valence-electron chi connectivity index (χ3n) is 2.05. The SMILES string of the molecule is Cn1ccc2cc(CS(=O)[O-])cnc21. The summed E-state index contributed by atoms with van der Waals surface area (Å²) in [5, 5.41) is 0.968. The van der Waals surface area contributed by atoms with Crippen LogP contribution in [0.1, 0.15) is 5.56 Å². The van der Waals surface area contributed by atoms with Crippen LogP contribution in [0.15, 0.2) is 24.5 Å². The Labute approximate surface area is 83.9 Å². The Kier molecular flexibility index (Phi) is 2.35. The Bertz CT molecular complexity index is 493. The maximum absolute atomic E-state index is 10.5. The van der Waals surface area contributed by atoms with Crippen molar-refractivity contribution in [3.8, 4) is 0 Å². The van der Waals surface area contributed by atoms with Crippen LogP contribution in [0, 0.1) is 0 Å². The Hall–Kier alpha value is -1.20. The maximum Gasteiger partial charge on any atom is 0.139 e. The van der Waals surface area contributed by atoms with Crippen LogP contribution >= 0.6 is 0 Å². The molecule has 0 radical (unpaired) electrons. The fourth-order valence-corrected chi connectivity index (χ4v) is 1.85. The molecule has 0 bridgehead atoms. The van der Waals surface area contributed by atoms with Gasteiger partial charge in [0.05, 0.1) is 0 Å². The third kappa shape index (κ3) is 1.69. The molecule has 0 N–H and O–H groups in total. The maximum atomic E-state index is 10.5. The van der Waals surface area contributed by atoms with Crippen LogP contribution in [0.3, 0.4) is 0 Å². The van der Waals surface area contributed by atoms with Gasteiger partial charge in [-0.25, -0.2) is 4.98 Å². The van der Waals surface area contributed by atoms with Gasteiger partial charge in [0.2, 0.25) is 0 Å². The van der Waals surface area contributed by atoms with Crippen molar-refractivity contribution in [1.29, 1.82) is 0 Å². The first kappa shape index (κ1) is 9.36. The molecule has 0 amide bonds. The number of nitrogens with zero attached hydrogens (tertiary/aromatic N) is 2. The molecule has 1 unspecified atom stereocenters. The van der Waals surface area contributed by atoms with E-state index in [2.05, 4.69) is 4.98 Å². The lowest BCUT2D eigenvalue weighted by atomic mass is 10.2. The lowest BCUT2D eigenvalue weighted by Gasteiger charge is -2.04. The van der Waals surface area contributed by atoms with Gasteiger partial charge < -0.3 is 9.12 Å². The van der Waals surface area contributed by atoms with Gasteiger partial charge in [0.15, 0.2) is 0 Å². The fourth-order valence-electron chi connectivity index (χ4n) is 1.42. The lowest BCUT2D eigenvalue weighted by Crippen LogP contribution is -1.95. The largest absolute Gasteiger partial charge is 0.772 e. The second-order valence-corrected chi connectivity index (χ2v) is 4.03. The quantitative estimate of drug-likeness (QED) is 0.692. The summed E-state index contributed by atoms with van der Waals surface area (Å²) >= 11 is -2.05. The van der Waals surface area contributed by atoms with Crippen LogP contribution in [0.25, 0.3) is 11.0 Å². The van der Waals surface area contributed by atoms with Gasteiger partial charge in [0, 0.05) is 30.6 Å². The molecule has 0 aliphatic carbocycles. The first-order valence-corrected chi connectivity index (χ1v) is 5.37. The molecule has 0 aromatic carbocycles. The van der Waals surface area contributed by atoms with E-state index in [0.29, 0.717) is 0 Å². The molecule has 14 heavy (non-hydrogen) atoms. The zero-order valence-corrected chi connectivity index (χ0v) is 8.45. The normalized spacial score (nSPS) is 13.3. The summed E-state index contributed by atoms with van der Waals surface area (Å²) in [6.07, 6.45) is 3.49. The van der Waals surface area contributed by atoms with Crippen molar-refractivity contribution in [3.05, 3.63) is 30.1 Å². The van der Waals surface area contributed by atoms with Gasteiger partial charge in [0.1, 0.15) is 5.65 Å². The number of hydrogen-bond acceptors (Lipinski definition) is 3. The molecular formula is C9H9N2O2S-. The van der Waals surface area contributed by atoms with Gasteiger partial charge in [0.25, 0.3) is 0 Å². The van der Waals surface area contributed by atoms with E-state index < -0.39 is 11.1 Å². The van der Waals surface area contributed by atoms with Crippen LogP contribution in [-0.4, -0.2) is 18.3 Å². The monoisotopic (exact) mass is 209 g/mol. The molecule has 0 saturated heterocycles. The molecule has 2 aromatic heterocycles. The summed E-state index contributed by atoms with van der Waals surface area (Å²) in [6, 6.07) is 3.76. The minimum atomic E-state index is -2.05. The van der Waals surface area contributed by atoms with Crippen molar-refractivity contribution in [1.82, 2.24) is 9.55 Å². The Morgan fingerprint density at radius 2 is 2.43 bits per heavy atom. The molecular weight excluding hydrogens is 200 g/mol. The van der Waals surface area contributed by atoms with Crippen molar-refractivity contribution in [2.45, 2.75) is 5.75 Å². The molecule has 0 aliphatic heterocycles. The van der Waals surface area contributed by atoms with Gasteiger partial charge >= 0.3 is 0 Å². The van der Waals surface area contributed by atoms with Crippen LogP contribution < -0.4 is 0 Å². The number of rotatable bonds is 2. The molecule has 0 spiro atoms. The van der Waals surface area contributed by atoms with E-state index in [9.17, 15) is 8.76 Å². The lowest BCUT2D eigenvalue weighted by molar-refractivity contribution is 0.536. The van der Waals surface area contributed by atoms with E-state index in [1.807, 2.05) is 29.9 Å². The van der Waals surface area contributed by atoms with Crippen molar-refractivity contribution >= 4 is 22.1 Å². The number of aromatic nitrogens is 2. The van der Waals surface area contributed by atoms with E-state index >= 15 is 0 Å². The molecule has 2 rings (SSSR count). The molecule has 2 heterocycles. The summed E-state index contributed by atoms with van der Waals surface area (Å²) in [7, 11) is 1.90. The first-order chi connectivity index (χ1) is 6.66. The predicted octanol–water partition coefficient (Wildman–Crippen LogP) is 0.952. The molecule has 0 aliphatic rings. The van der Waals surface area contributed by atoms with Crippen LogP contribution in [0.5, 0.6) is 0 Å². The van der Waals surface area contributed by atoms with Crippen molar-refractivity contribution in [3.63, 3.8) is 0 Å². The average Bonchev–Trinajstić information content (AvgIpc) is 2.46. The highest BCUT2D eigenvalue weighted by molar-refractivity contribution is 7.78. The second-order valence-electron chi connectivity index (χ2n) is 3.13. The van der Waals surface area contributed by atoms with E-state index in [-0.39, 0.29) is 5.75 Å². The molecule has 5 heteroatoms. The van der Waals surface area contributed by atoms with Gasteiger partial charge in [-0.1, -0.05) is 11.1 Å². The molecule has 0 fully saturated rings. The van der Waals surface area contributed by atoms with E-state index in [0.717, 1.165) is 16.6 Å². The molecule has 2 aromatic rings. The summed E-state index contributed by atoms with van der Waals surface area (Å²) in [4.78, 5) is 4.18. The number of hydrogen-bond donors (Lipinski definition) is 0. The Balaban J connectivity index is 2.46. The van der Waals surface area contributed by atoms with Crippen molar-refractivity contribution in [2.24, 2.45) is 7.05 Å². The summed E-state index contributed by atoms with van der Waals surface area (Å²) in [6.45, 7) is 0. The number of fused-ring (bicyclic) bond motifs is 1. The molecule has 74 valence electrons. The summed E-state index contributed by atoms with van der Waals surface area (Å²) < 4.78 is 22.9.